The SMILES string of the molecule is C[Si](C)(C)C=CC(c1cccc(OCc2ccccc2)c1)C1C(=O)CC(c2ccccc2)(C2CCCCC2)OC1=O. The van der Waals surface area contributed by atoms with Gasteiger partial charge in [-0.25, -0.2) is 0 Å². The molecule has 3 aromatic carbocycles. The lowest BCUT2D eigenvalue weighted by Crippen LogP contribution is -2.51. The van der Waals surface area contributed by atoms with Crippen LogP contribution in [0, 0.1) is 11.8 Å². The van der Waals surface area contributed by atoms with Crippen LogP contribution in [0.1, 0.15) is 61.1 Å². The van der Waals surface area contributed by atoms with E-state index in [1.54, 1.807) is 0 Å². The third-order valence-corrected chi connectivity index (χ3v) is 9.69. The van der Waals surface area contributed by atoms with Crippen molar-refractivity contribution >= 4 is 19.8 Å². The van der Waals surface area contributed by atoms with Gasteiger partial charge in [0.25, 0.3) is 0 Å². The third kappa shape index (κ3) is 6.90. The summed E-state index contributed by atoms with van der Waals surface area (Å²) in [6.45, 7) is 7.21. The molecule has 5 rings (SSSR count). The van der Waals surface area contributed by atoms with Crippen LogP contribution < -0.4 is 4.74 Å². The van der Waals surface area contributed by atoms with Crippen LogP contribution in [0.5, 0.6) is 5.75 Å². The number of carbonyl (C=O) groups excluding carboxylic acids is 2. The molecule has 0 radical (unpaired) electrons. The van der Waals surface area contributed by atoms with Crippen LogP contribution in [0.2, 0.25) is 19.6 Å². The molecule has 0 N–H and O–H groups in total. The molecule has 214 valence electrons. The molecular weight excluding hydrogens is 524 g/mol. The highest BCUT2D eigenvalue weighted by atomic mass is 28.3. The molecule has 3 unspecified atom stereocenters. The van der Waals surface area contributed by atoms with Crippen LogP contribution >= 0.6 is 0 Å². The molecular formula is C36H42O4Si. The van der Waals surface area contributed by atoms with Gasteiger partial charge in [0.2, 0.25) is 0 Å². The van der Waals surface area contributed by atoms with E-state index in [1.807, 2.05) is 84.9 Å². The maximum Gasteiger partial charge on any atom is 0.318 e. The Morgan fingerprint density at radius 2 is 1.59 bits per heavy atom. The van der Waals surface area contributed by atoms with E-state index in [0.717, 1.165) is 48.1 Å². The molecule has 3 atom stereocenters. The van der Waals surface area contributed by atoms with Gasteiger partial charge in [-0.05, 0) is 41.7 Å². The number of hydrogen-bond donors (Lipinski definition) is 0. The summed E-state index contributed by atoms with van der Waals surface area (Å²) < 4.78 is 12.7. The molecule has 1 saturated carbocycles. The Kier molecular flexibility index (Phi) is 8.93. The van der Waals surface area contributed by atoms with Crippen LogP contribution in [-0.4, -0.2) is 19.8 Å². The number of rotatable bonds is 9. The van der Waals surface area contributed by atoms with Gasteiger partial charge in [-0.2, -0.15) is 0 Å². The highest BCUT2D eigenvalue weighted by molar-refractivity contribution is 6.80. The number of allylic oxidation sites excluding steroid dienone is 1. The first-order chi connectivity index (χ1) is 19.7. The molecule has 1 heterocycles. The minimum atomic E-state index is -1.62. The molecule has 1 saturated heterocycles. The second kappa shape index (κ2) is 12.6. The average Bonchev–Trinajstić information content (AvgIpc) is 2.98. The number of esters is 1. The number of benzene rings is 3. The van der Waals surface area contributed by atoms with Gasteiger partial charge in [-0.1, -0.05) is 123 Å². The predicted molar refractivity (Wildman–Crippen MR) is 166 cm³/mol. The lowest BCUT2D eigenvalue weighted by Gasteiger charge is -2.46. The molecule has 1 aliphatic carbocycles. The van der Waals surface area contributed by atoms with Gasteiger partial charge in [0.05, 0.1) is 14.5 Å². The number of hydrogen-bond acceptors (Lipinski definition) is 4. The zero-order chi connectivity index (χ0) is 28.9. The number of cyclic esters (lactones) is 1. The van der Waals surface area contributed by atoms with Crippen LogP contribution in [0.4, 0.5) is 0 Å². The molecule has 0 aromatic heterocycles. The van der Waals surface area contributed by atoms with Crippen molar-refractivity contribution in [2.75, 3.05) is 0 Å². The van der Waals surface area contributed by atoms with Crippen molar-refractivity contribution in [2.24, 2.45) is 11.8 Å². The second-order valence-electron chi connectivity index (χ2n) is 12.7. The van der Waals surface area contributed by atoms with Crippen LogP contribution in [0.15, 0.2) is 96.7 Å². The summed E-state index contributed by atoms with van der Waals surface area (Å²) in [7, 11) is -1.62. The third-order valence-electron chi connectivity index (χ3n) is 8.50. The number of carbonyl (C=O) groups is 2. The molecule has 2 aliphatic rings. The minimum Gasteiger partial charge on any atom is -0.489 e. The Morgan fingerprint density at radius 1 is 0.902 bits per heavy atom. The largest absolute Gasteiger partial charge is 0.489 e. The molecule has 2 fully saturated rings. The lowest BCUT2D eigenvalue weighted by atomic mass is 9.67. The standard InChI is InChI=1S/C36H42O4Si/c1-41(2,3)23-22-32(28-16-13-21-31(24-28)39-26-27-14-7-4-8-15-27)34-33(37)25-36(40-35(34)38,29-17-9-5-10-18-29)30-19-11-6-12-20-30/h4-5,7-10,13-18,21-24,30,32,34H,6,11-12,19-20,25-26H2,1-3H3. The fourth-order valence-electron chi connectivity index (χ4n) is 6.40. The maximum absolute atomic E-state index is 14.2. The monoisotopic (exact) mass is 566 g/mol. The van der Waals surface area contributed by atoms with E-state index in [-0.39, 0.29) is 18.1 Å². The Bertz CT molecular complexity index is 1340. The average molecular weight is 567 g/mol. The predicted octanol–water partition coefficient (Wildman–Crippen LogP) is 8.39. The molecule has 3 aromatic rings. The topological polar surface area (TPSA) is 52.6 Å². The van der Waals surface area contributed by atoms with E-state index in [1.165, 1.54) is 6.42 Å². The van der Waals surface area contributed by atoms with Gasteiger partial charge in [-0.3, -0.25) is 9.59 Å². The lowest BCUT2D eigenvalue weighted by molar-refractivity contribution is -0.189. The molecule has 4 nitrogen and oxygen atoms in total. The van der Waals surface area contributed by atoms with Crippen LogP contribution in [0.25, 0.3) is 0 Å². The Balaban J connectivity index is 1.47. The first-order valence-electron chi connectivity index (χ1n) is 15.0. The number of Topliss-reactive ketones (excluding diaryl/α,β-unsaturated/α-hetero) is 1. The number of ether oxygens (including phenoxy) is 2. The number of ketones is 1. The fraction of sp³-hybridized carbons (Fsp3) is 0.389. The summed E-state index contributed by atoms with van der Waals surface area (Å²) in [4.78, 5) is 28.3. The highest BCUT2D eigenvalue weighted by Crippen LogP contribution is 2.49. The van der Waals surface area contributed by atoms with Crippen molar-refractivity contribution in [1.82, 2.24) is 0 Å². The van der Waals surface area contributed by atoms with E-state index in [9.17, 15) is 9.59 Å². The van der Waals surface area contributed by atoms with E-state index < -0.39 is 31.5 Å². The van der Waals surface area contributed by atoms with Gasteiger partial charge in [0.15, 0.2) is 5.78 Å². The van der Waals surface area contributed by atoms with Crippen LogP contribution in [-0.2, 0) is 26.5 Å². The van der Waals surface area contributed by atoms with Gasteiger partial charge in [0, 0.05) is 11.8 Å². The maximum atomic E-state index is 14.2. The Hall–Kier alpha value is -3.44. The van der Waals surface area contributed by atoms with E-state index in [2.05, 4.69) is 31.4 Å². The molecule has 0 spiro atoms. The van der Waals surface area contributed by atoms with E-state index >= 15 is 0 Å². The van der Waals surface area contributed by atoms with Gasteiger partial charge in [0.1, 0.15) is 23.9 Å². The van der Waals surface area contributed by atoms with Gasteiger partial charge in [-0.15, -0.1) is 0 Å². The van der Waals surface area contributed by atoms with Crippen molar-refractivity contribution in [3.05, 3.63) is 113 Å². The molecule has 0 amide bonds. The summed E-state index contributed by atoms with van der Waals surface area (Å²) in [5, 5.41) is 0. The normalized spacial score (nSPS) is 22.9. The summed E-state index contributed by atoms with van der Waals surface area (Å²) in [5.74, 6) is -0.865. The first kappa shape index (κ1) is 29.1. The second-order valence-corrected chi connectivity index (χ2v) is 17.8. The smallest absolute Gasteiger partial charge is 0.318 e. The zero-order valence-corrected chi connectivity index (χ0v) is 25.6. The molecule has 41 heavy (non-hydrogen) atoms. The van der Waals surface area contributed by atoms with Gasteiger partial charge >= 0.3 is 5.97 Å². The summed E-state index contributed by atoms with van der Waals surface area (Å²) in [6.07, 6.45) is 7.65. The molecule has 0 bridgehead atoms. The van der Waals surface area contributed by atoms with Crippen molar-refractivity contribution in [2.45, 2.75) is 76.3 Å². The zero-order valence-electron chi connectivity index (χ0n) is 24.6. The fourth-order valence-corrected chi connectivity index (χ4v) is 7.18. The molecule has 1 aliphatic heterocycles. The van der Waals surface area contributed by atoms with E-state index in [0.29, 0.717) is 6.61 Å². The van der Waals surface area contributed by atoms with Crippen molar-refractivity contribution in [1.29, 1.82) is 0 Å². The summed E-state index contributed by atoms with van der Waals surface area (Å²) in [5.41, 5.74) is 4.26. The summed E-state index contributed by atoms with van der Waals surface area (Å²) >= 11 is 0. The minimum absolute atomic E-state index is 0.0310. The van der Waals surface area contributed by atoms with Crippen molar-refractivity contribution in [3.8, 4) is 5.75 Å². The Labute approximate surface area is 245 Å². The molecule has 5 heteroatoms. The highest BCUT2D eigenvalue weighted by Gasteiger charge is 2.54. The first-order valence-corrected chi connectivity index (χ1v) is 18.6. The van der Waals surface area contributed by atoms with E-state index in [4.69, 9.17) is 9.47 Å². The van der Waals surface area contributed by atoms with Crippen molar-refractivity contribution < 1.29 is 19.1 Å². The van der Waals surface area contributed by atoms with Gasteiger partial charge < -0.3 is 9.47 Å². The Morgan fingerprint density at radius 3 is 2.24 bits per heavy atom. The van der Waals surface area contributed by atoms with Crippen LogP contribution in [0.3, 0.4) is 0 Å². The quantitative estimate of drug-likeness (QED) is 0.148. The van der Waals surface area contributed by atoms with Crippen molar-refractivity contribution in [3.63, 3.8) is 0 Å². The summed E-state index contributed by atoms with van der Waals surface area (Å²) in [6, 6.07) is 27.8.